The molecule has 1 fully saturated rings. The van der Waals surface area contributed by atoms with Crippen LogP contribution in [0.25, 0.3) is 4.48 Å². The van der Waals surface area contributed by atoms with E-state index in [1.165, 1.54) is 4.90 Å². The minimum Gasteiger partial charge on any atom is -0.465 e. The van der Waals surface area contributed by atoms with Crippen LogP contribution in [0, 0.1) is 17.7 Å². The second-order valence-electron chi connectivity index (χ2n) is 9.63. The number of benzene rings is 1. The summed E-state index contributed by atoms with van der Waals surface area (Å²) < 4.78 is 66.8. The van der Waals surface area contributed by atoms with Gasteiger partial charge in [0.05, 0.1) is 18.4 Å². The molecule has 6 nitrogen and oxygen atoms in total. The van der Waals surface area contributed by atoms with Crippen LogP contribution in [0.1, 0.15) is 67.9 Å². The third-order valence-electron chi connectivity index (χ3n) is 6.51. The highest BCUT2D eigenvalue weighted by atomic mass is 79.9. The summed E-state index contributed by atoms with van der Waals surface area (Å²) in [4.78, 5) is 31.3. The fourth-order valence-corrected chi connectivity index (χ4v) is 4.65. The fourth-order valence-electron chi connectivity index (χ4n) is 4.44. The molecule has 1 heterocycles. The van der Waals surface area contributed by atoms with Crippen molar-refractivity contribution in [2.45, 2.75) is 58.7 Å². The summed E-state index contributed by atoms with van der Waals surface area (Å²) in [5, 5.41) is 0. The van der Waals surface area contributed by atoms with Crippen LogP contribution in [0.3, 0.4) is 0 Å². The van der Waals surface area contributed by atoms with Crippen molar-refractivity contribution in [1.29, 1.82) is 0 Å². The van der Waals surface area contributed by atoms with Gasteiger partial charge in [-0.1, -0.05) is 29.4 Å². The van der Waals surface area contributed by atoms with Crippen molar-refractivity contribution in [3.8, 4) is 11.6 Å². The van der Waals surface area contributed by atoms with E-state index in [4.69, 9.17) is 9.47 Å². The number of hydrogen-bond donors (Lipinski definition) is 0. The molecule has 0 spiro atoms. The van der Waals surface area contributed by atoms with Crippen molar-refractivity contribution in [3.05, 3.63) is 53.5 Å². The molecule has 0 saturated heterocycles. The van der Waals surface area contributed by atoms with Crippen LogP contribution in [0.4, 0.5) is 23.2 Å². The van der Waals surface area contributed by atoms with Crippen LogP contribution in [0.15, 0.2) is 31.0 Å². The average Bonchev–Trinajstić information content (AvgIpc) is 2.84. The van der Waals surface area contributed by atoms with Gasteiger partial charge in [-0.05, 0) is 51.5 Å². The average molecular weight is 601 g/mol. The number of alkyl halides is 3. The maximum Gasteiger partial charge on any atom is 0.421 e. The molecule has 11 heteroatoms. The van der Waals surface area contributed by atoms with Crippen molar-refractivity contribution >= 4 is 38.0 Å². The van der Waals surface area contributed by atoms with E-state index < -0.39 is 41.2 Å². The zero-order chi connectivity index (χ0) is 28.4. The monoisotopic (exact) mass is 600 g/mol. The molecule has 1 aliphatic rings. The second kappa shape index (κ2) is 11.8. The third-order valence-corrected chi connectivity index (χ3v) is 6.97. The first-order valence-electron chi connectivity index (χ1n) is 12.1. The Morgan fingerprint density at radius 1 is 1.16 bits per heavy atom. The molecule has 2 aromatic rings. The molecule has 0 atom stereocenters. The van der Waals surface area contributed by atoms with Gasteiger partial charge in [0, 0.05) is 40.3 Å². The number of amides is 1. The number of rotatable bonds is 7. The summed E-state index contributed by atoms with van der Waals surface area (Å²) >= 11 is 3.01. The number of nitrogens with zero attached hydrogens (tertiary/aromatic N) is 2. The smallest absolute Gasteiger partial charge is 0.421 e. The summed E-state index contributed by atoms with van der Waals surface area (Å²) in [7, 11) is 1.11. The van der Waals surface area contributed by atoms with Gasteiger partial charge in [0.2, 0.25) is 11.8 Å². The number of carbonyl (C=O) groups is 2. The van der Waals surface area contributed by atoms with Crippen LogP contribution in [0.2, 0.25) is 0 Å². The van der Waals surface area contributed by atoms with Crippen LogP contribution in [0.5, 0.6) is 11.6 Å². The topological polar surface area (TPSA) is 68.7 Å². The maximum absolute atomic E-state index is 15.4. The number of anilines is 1. The van der Waals surface area contributed by atoms with E-state index in [2.05, 4.69) is 34.4 Å². The molecule has 1 aliphatic carbocycles. The SMILES string of the molecule is C=C(Br)c1cnc(Oc2cc(C(=O)OC)c(N(C(=O)[C@H]3CC[C@H](C)CC3)C(C)C)cc2F)c(C(F)(F)F)c1. The number of ether oxygens (including phenoxy) is 2. The van der Waals surface area contributed by atoms with Crippen LogP contribution in [-0.4, -0.2) is 30.0 Å². The van der Waals surface area contributed by atoms with Crippen molar-refractivity contribution in [2.24, 2.45) is 11.8 Å². The minimum absolute atomic E-state index is 0.0461. The molecule has 1 saturated carbocycles. The lowest BCUT2D eigenvalue weighted by atomic mass is 9.82. The number of hydrogen-bond acceptors (Lipinski definition) is 5. The van der Waals surface area contributed by atoms with Crippen LogP contribution in [-0.2, 0) is 15.7 Å². The predicted molar refractivity (Wildman–Crippen MR) is 139 cm³/mol. The van der Waals surface area contributed by atoms with Crippen molar-refractivity contribution in [3.63, 3.8) is 0 Å². The number of pyridine rings is 1. The van der Waals surface area contributed by atoms with Gasteiger partial charge in [0.15, 0.2) is 11.6 Å². The Balaban J connectivity index is 2.09. The first kappa shape index (κ1) is 29.6. The Morgan fingerprint density at radius 2 is 1.79 bits per heavy atom. The molecule has 1 aromatic heterocycles. The van der Waals surface area contributed by atoms with Crippen molar-refractivity contribution in [2.75, 3.05) is 12.0 Å². The number of esters is 1. The normalized spacial score (nSPS) is 17.7. The van der Waals surface area contributed by atoms with Gasteiger partial charge in [-0.3, -0.25) is 4.79 Å². The Hall–Kier alpha value is -2.95. The lowest BCUT2D eigenvalue weighted by molar-refractivity contribution is -0.139. The Bertz CT molecular complexity index is 1220. The van der Waals surface area contributed by atoms with E-state index in [0.29, 0.717) is 18.8 Å². The molecule has 0 aliphatic heterocycles. The Labute approximate surface area is 227 Å². The first-order valence-corrected chi connectivity index (χ1v) is 12.9. The van der Waals surface area contributed by atoms with Gasteiger partial charge in [0.25, 0.3) is 0 Å². The van der Waals surface area contributed by atoms with E-state index in [-0.39, 0.29) is 33.1 Å². The molecule has 3 rings (SSSR count). The molecule has 0 bridgehead atoms. The highest BCUT2D eigenvalue weighted by Gasteiger charge is 2.37. The molecular formula is C27H29BrF4N2O4. The zero-order valence-electron chi connectivity index (χ0n) is 21.5. The highest BCUT2D eigenvalue weighted by molar-refractivity contribution is 9.15. The first-order chi connectivity index (χ1) is 17.7. The fraction of sp³-hybridized carbons (Fsp3) is 0.444. The van der Waals surface area contributed by atoms with Crippen molar-refractivity contribution in [1.82, 2.24) is 4.98 Å². The minimum atomic E-state index is -4.87. The molecule has 0 radical (unpaired) electrons. The molecular weight excluding hydrogens is 572 g/mol. The van der Waals surface area contributed by atoms with Gasteiger partial charge >= 0.3 is 12.1 Å². The largest absolute Gasteiger partial charge is 0.465 e. The summed E-state index contributed by atoms with van der Waals surface area (Å²) in [6, 6.07) is 2.16. The standard InChI is InChI=1S/C27H29BrF4N2O4/c1-14(2)34(25(35)17-8-6-15(3)7-9-17)22-12-21(29)23(11-19(22)26(36)37-5)38-24-20(27(30,31)32)10-18(13-33-24)16(4)28/h10-15,17H,4,6-9H2,1-3,5H3/t15-,17-. The molecule has 0 unspecified atom stereocenters. The number of aromatic nitrogens is 1. The number of halogens is 5. The van der Waals surface area contributed by atoms with Crippen LogP contribution >= 0.6 is 15.9 Å². The lowest BCUT2D eigenvalue weighted by Crippen LogP contribution is -2.43. The van der Waals surface area contributed by atoms with Gasteiger partial charge in [-0.15, -0.1) is 0 Å². The zero-order valence-corrected chi connectivity index (χ0v) is 23.1. The maximum atomic E-state index is 15.4. The molecule has 0 N–H and O–H groups in total. The lowest BCUT2D eigenvalue weighted by Gasteiger charge is -2.34. The Morgan fingerprint density at radius 3 is 2.32 bits per heavy atom. The summed E-state index contributed by atoms with van der Waals surface area (Å²) in [6.45, 7) is 9.11. The quantitative estimate of drug-likeness (QED) is 0.240. The number of methoxy groups -OCH3 is 1. The van der Waals surface area contributed by atoms with E-state index in [0.717, 1.165) is 44.3 Å². The predicted octanol–water partition coefficient (Wildman–Crippen LogP) is 7.75. The molecule has 1 aromatic carbocycles. The molecule has 1 amide bonds. The van der Waals surface area contributed by atoms with E-state index >= 15 is 4.39 Å². The summed E-state index contributed by atoms with van der Waals surface area (Å²) in [5.41, 5.74) is -1.48. The van der Waals surface area contributed by atoms with Crippen LogP contribution < -0.4 is 9.64 Å². The molecule has 38 heavy (non-hydrogen) atoms. The summed E-state index contributed by atoms with van der Waals surface area (Å²) in [5.74, 6) is -3.62. The van der Waals surface area contributed by atoms with Gasteiger partial charge in [-0.25, -0.2) is 14.2 Å². The summed E-state index contributed by atoms with van der Waals surface area (Å²) in [6.07, 6.45) is -0.696. The van der Waals surface area contributed by atoms with Gasteiger partial charge in [0.1, 0.15) is 5.56 Å². The number of carbonyl (C=O) groups excluding carboxylic acids is 2. The van der Waals surface area contributed by atoms with Gasteiger partial charge in [-0.2, -0.15) is 13.2 Å². The third kappa shape index (κ3) is 6.54. The van der Waals surface area contributed by atoms with Crippen molar-refractivity contribution < 1.29 is 36.6 Å². The second-order valence-corrected chi connectivity index (χ2v) is 10.6. The Kier molecular flexibility index (Phi) is 9.22. The van der Waals surface area contributed by atoms with E-state index in [1.807, 2.05) is 0 Å². The van der Waals surface area contributed by atoms with E-state index in [9.17, 15) is 22.8 Å². The highest BCUT2D eigenvalue weighted by Crippen LogP contribution is 2.41. The van der Waals surface area contributed by atoms with Gasteiger partial charge < -0.3 is 14.4 Å². The molecule has 206 valence electrons. The van der Waals surface area contributed by atoms with E-state index in [1.54, 1.807) is 13.8 Å².